The third-order valence-electron chi connectivity index (χ3n) is 2.39. The fourth-order valence-corrected chi connectivity index (χ4v) is 1.58. The van der Waals surface area contributed by atoms with Crippen LogP contribution in [0.15, 0.2) is 36.9 Å². The number of fused-ring (bicyclic) bond motifs is 1. The molecular weight excluding hydrogens is 253 g/mol. The number of allylic oxidation sites excluding steroid dienone is 1. The molecule has 0 fully saturated rings. The lowest BCUT2D eigenvalue weighted by Crippen LogP contribution is -2.11. The molecule has 0 aliphatic heterocycles. The van der Waals surface area contributed by atoms with E-state index in [1.165, 1.54) is 6.07 Å². The van der Waals surface area contributed by atoms with E-state index in [1.54, 1.807) is 24.3 Å². The Bertz CT molecular complexity index is 589. The molecule has 0 bridgehead atoms. The maximum Gasteiger partial charge on any atom is 0.417 e. The second kappa shape index (κ2) is 5.73. The van der Waals surface area contributed by atoms with Gasteiger partial charge in [0.25, 0.3) is 0 Å². The first kappa shape index (κ1) is 15.0. The number of alkyl halides is 3. The highest BCUT2D eigenvalue weighted by molar-refractivity contribution is 5.94. The van der Waals surface area contributed by atoms with Crippen molar-refractivity contribution in [2.45, 2.75) is 20.0 Å². The van der Waals surface area contributed by atoms with Crippen molar-refractivity contribution in [3.63, 3.8) is 0 Å². The Kier molecular flexibility index (Phi) is 4.53. The lowest BCUT2D eigenvalue weighted by Gasteiger charge is -2.12. The fourth-order valence-electron chi connectivity index (χ4n) is 1.58. The first-order valence-corrected chi connectivity index (χ1v) is 5.81. The van der Waals surface area contributed by atoms with Gasteiger partial charge in [0.1, 0.15) is 5.82 Å². The number of nitrogens with zero attached hydrogens (tertiary/aromatic N) is 1. The van der Waals surface area contributed by atoms with Gasteiger partial charge in [0, 0.05) is 5.39 Å². The summed E-state index contributed by atoms with van der Waals surface area (Å²) in [5, 5.41) is 1.00. The Morgan fingerprint density at radius 1 is 1.21 bits per heavy atom. The fraction of sp³-hybridized carbons (Fsp3) is 0.214. The zero-order valence-corrected chi connectivity index (χ0v) is 10.8. The standard InChI is InChI=1S/C12H9F3N2.C2H6/c1-7(12(13,14)15)11-9-5-3-2-4-8(9)6-10(16)17-11;1-2/h2-6H,1H2,(H2,16,17);1-2H3. The number of rotatable bonds is 1. The second-order valence-electron chi connectivity index (χ2n) is 3.59. The first-order chi connectivity index (χ1) is 8.89. The van der Waals surface area contributed by atoms with Gasteiger partial charge < -0.3 is 5.73 Å². The number of hydrogen-bond acceptors (Lipinski definition) is 2. The van der Waals surface area contributed by atoms with Gasteiger partial charge in [-0.25, -0.2) is 4.98 Å². The van der Waals surface area contributed by atoms with Crippen LogP contribution in [0.2, 0.25) is 0 Å². The van der Waals surface area contributed by atoms with Gasteiger partial charge in [-0.3, -0.25) is 0 Å². The highest BCUT2D eigenvalue weighted by Crippen LogP contribution is 2.35. The molecule has 2 rings (SSSR count). The lowest BCUT2D eigenvalue weighted by atomic mass is 10.0. The van der Waals surface area contributed by atoms with Gasteiger partial charge >= 0.3 is 6.18 Å². The van der Waals surface area contributed by atoms with Crippen molar-refractivity contribution >= 4 is 22.2 Å². The molecule has 0 aliphatic carbocycles. The highest BCUT2D eigenvalue weighted by atomic mass is 19.4. The van der Waals surface area contributed by atoms with Gasteiger partial charge in [-0.1, -0.05) is 44.7 Å². The SMILES string of the molecule is C=C(c1nc(N)cc2ccccc12)C(F)(F)F.CC. The number of hydrogen-bond donors (Lipinski definition) is 1. The van der Waals surface area contributed by atoms with Crippen LogP contribution in [0, 0.1) is 0 Å². The molecule has 0 amide bonds. The predicted molar refractivity (Wildman–Crippen MR) is 72.6 cm³/mol. The molecule has 0 radical (unpaired) electrons. The number of pyridine rings is 1. The maximum absolute atomic E-state index is 12.6. The number of benzene rings is 1. The predicted octanol–water partition coefficient (Wildman–Crippen LogP) is 4.42. The van der Waals surface area contributed by atoms with E-state index in [0.717, 1.165) is 0 Å². The Morgan fingerprint density at radius 2 is 1.79 bits per heavy atom. The average Bonchev–Trinajstić information content (AvgIpc) is 2.38. The molecule has 2 aromatic rings. The molecule has 102 valence electrons. The zero-order valence-electron chi connectivity index (χ0n) is 10.8. The number of halogens is 3. The van der Waals surface area contributed by atoms with Crippen molar-refractivity contribution < 1.29 is 13.2 Å². The molecular formula is C14H15F3N2. The third-order valence-corrected chi connectivity index (χ3v) is 2.39. The first-order valence-electron chi connectivity index (χ1n) is 5.81. The van der Waals surface area contributed by atoms with E-state index in [1.807, 2.05) is 13.8 Å². The van der Waals surface area contributed by atoms with Crippen molar-refractivity contribution in [3.05, 3.63) is 42.6 Å². The zero-order chi connectivity index (χ0) is 14.6. The summed E-state index contributed by atoms with van der Waals surface area (Å²) in [5.74, 6) is 0.0455. The van der Waals surface area contributed by atoms with Gasteiger partial charge in [-0.15, -0.1) is 0 Å². The Balaban J connectivity index is 0.000000861. The maximum atomic E-state index is 12.6. The minimum Gasteiger partial charge on any atom is -0.384 e. The van der Waals surface area contributed by atoms with Crippen LogP contribution in [0.25, 0.3) is 16.3 Å². The van der Waals surface area contributed by atoms with E-state index in [-0.39, 0.29) is 11.5 Å². The average molecular weight is 268 g/mol. The molecule has 2 N–H and O–H groups in total. The number of nitrogens with two attached hydrogens (primary N) is 1. The Labute approximate surface area is 109 Å². The molecule has 0 spiro atoms. The van der Waals surface area contributed by atoms with Crippen molar-refractivity contribution in [1.82, 2.24) is 4.98 Å². The van der Waals surface area contributed by atoms with Gasteiger partial charge in [0.05, 0.1) is 11.3 Å². The number of aromatic nitrogens is 1. The summed E-state index contributed by atoms with van der Waals surface area (Å²) in [6.45, 7) is 7.04. The van der Waals surface area contributed by atoms with E-state index in [9.17, 15) is 13.2 Å². The Hall–Kier alpha value is -2.04. The van der Waals surface area contributed by atoms with Crippen LogP contribution in [0.3, 0.4) is 0 Å². The summed E-state index contributed by atoms with van der Waals surface area (Å²) in [5.41, 5.74) is 4.29. The lowest BCUT2D eigenvalue weighted by molar-refractivity contribution is -0.0687. The molecule has 0 unspecified atom stereocenters. The van der Waals surface area contributed by atoms with E-state index in [0.29, 0.717) is 10.8 Å². The summed E-state index contributed by atoms with van der Waals surface area (Å²) in [6.07, 6.45) is -4.51. The summed E-state index contributed by atoms with van der Waals surface area (Å²) in [6, 6.07) is 8.15. The van der Waals surface area contributed by atoms with Gasteiger partial charge in [0.2, 0.25) is 0 Å². The normalized spacial score (nSPS) is 10.8. The molecule has 2 nitrogen and oxygen atoms in total. The van der Waals surface area contributed by atoms with Crippen LogP contribution in [-0.4, -0.2) is 11.2 Å². The summed E-state index contributed by atoms with van der Waals surface area (Å²) >= 11 is 0. The van der Waals surface area contributed by atoms with Gasteiger partial charge in [0.15, 0.2) is 0 Å². The summed E-state index contributed by atoms with van der Waals surface area (Å²) < 4.78 is 37.8. The minimum absolute atomic E-state index is 0.0455. The van der Waals surface area contributed by atoms with Crippen LogP contribution in [0.4, 0.5) is 19.0 Å². The smallest absolute Gasteiger partial charge is 0.384 e. The largest absolute Gasteiger partial charge is 0.417 e. The third kappa shape index (κ3) is 3.24. The molecule has 1 aromatic carbocycles. The van der Waals surface area contributed by atoms with Crippen LogP contribution in [-0.2, 0) is 0 Å². The Morgan fingerprint density at radius 3 is 2.37 bits per heavy atom. The van der Waals surface area contributed by atoms with Crippen molar-refractivity contribution in [2.75, 3.05) is 5.73 Å². The van der Waals surface area contributed by atoms with Gasteiger partial charge in [-0.05, 0) is 11.5 Å². The van der Waals surface area contributed by atoms with Crippen LogP contribution >= 0.6 is 0 Å². The van der Waals surface area contributed by atoms with Gasteiger partial charge in [-0.2, -0.15) is 13.2 Å². The molecule has 0 saturated carbocycles. The van der Waals surface area contributed by atoms with E-state index >= 15 is 0 Å². The summed E-state index contributed by atoms with van der Waals surface area (Å²) in [7, 11) is 0. The molecule has 19 heavy (non-hydrogen) atoms. The van der Waals surface area contributed by atoms with Crippen LogP contribution in [0.1, 0.15) is 19.5 Å². The topological polar surface area (TPSA) is 38.9 Å². The molecule has 0 aliphatic rings. The van der Waals surface area contributed by atoms with E-state index in [4.69, 9.17) is 5.73 Å². The quantitative estimate of drug-likeness (QED) is 0.831. The monoisotopic (exact) mass is 268 g/mol. The van der Waals surface area contributed by atoms with E-state index < -0.39 is 11.7 Å². The van der Waals surface area contributed by atoms with E-state index in [2.05, 4.69) is 11.6 Å². The van der Waals surface area contributed by atoms with Crippen molar-refractivity contribution in [1.29, 1.82) is 0 Å². The second-order valence-corrected chi connectivity index (χ2v) is 3.59. The molecule has 1 aromatic heterocycles. The molecule has 5 heteroatoms. The molecule has 1 heterocycles. The highest BCUT2D eigenvalue weighted by Gasteiger charge is 2.34. The molecule has 0 saturated heterocycles. The van der Waals surface area contributed by atoms with Crippen molar-refractivity contribution in [2.24, 2.45) is 0 Å². The van der Waals surface area contributed by atoms with Crippen LogP contribution in [0.5, 0.6) is 0 Å². The number of nitrogen functional groups attached to an aromatic ring is 1. The number of anilines is 1. The van der Waals surface area contributed by atoms with Crippen LogP contribution < -0.4 is 5.73 Å². The van der Waals surface area contributed by atoms with Crippen molar-refractivity contribution in [3.8, 4) is 0 Å². The molecule has 0 atom stereocenters. The minimum atomic E-state index is -4.51. The summed E-state index contributed by atoms with van der Waals surface area (Å²) in [4.78, 5) is 3.73.